The zero-order valence-corrected chi connectivity index (χ0v) is 13.4. The number of nitrogens with zero attached hydrogens (tertiary/aromatic N) is 6. The van der Waals surface area contributed by atoms with Gasteiger partial charge in [0.05, 0.1) is 17.4 Å². The van der Waals surface area contributed by atoms with Crippen molar-refractivity contribution in [2.45, 2.75) is 25.5 Å². The lowest BCUT2D eigenvalue weighted by atomic mass is 10.1. The number of para-hydroxylation sites is 1. The molecule has 0 spiro atoms. The van der Waals surface area contributed by atoms with E-state index in [-0.39, 0.29) is 17.6 Å². The molecule has 0 bridgehead atoms. The van der Waals surface area contributed by atoms with E-state index < -0.39 is 0 Å². The van der Waals surface area contributed by atoms with Crippen molar-refractivity contribution >= 4 is 22.2 Å². The quantitative estimate of drug-likeness (QED) is 0.701. The number of aromatic nitrogens is 6. The van der Waals surface area contributed by atoms with Gasteiger partial charge in [-0.25, -0.2) is 4.68 Å². The zero-order valence-electron chi connectivity index (χ0n) is 13.4. The lowest BCUT2D eigenvalue weighted by Gasteiger charge is -2.24. The van der Waals surface area contributed by atoms with Crippen LogP contribution < -0.4 is 5.32 Å². The number of nitriles is 1. The second-order valence-corrected chi connectivity index (χ2v) is 5.70. The Bertz CT molecular complexity index is 931. The summed E-state index contributed by atoms with van der Waals surface area (Å²) in [6.07, 6.45) is 6.47. The molecule has 9 heteroatoms. The summed E-state index contributed by atoms with van der Waals surface area (Å²) in [5.41, 5.74) is 2.06. The Morgan fingerprint density at radius 1 is 1.44 bits per heavy atom. The fraction of sp³-hybridized carbons (Fsp3) is 0.312. The summed E-state index contributed by atoms with van der Waals surface area (Å²) in [7, 11) is 0. The van der Waals surface area contributed by atoms with Crippen LogP contribution in [0, 0.1) is 11.3 Å². The normalized spacial score (nSPS) is 18.2. The number of fused-ring (bicyclic) bond motifs is 1. The number of benzene rings is 1. The van der Waals surface area contributed by atoms with Crippen LogP contribution in [0.3, 0.4) is 0 Å². The third-order valence-electron chi connectivity index (χ3n) is 4.12. The fourth-order valence-corrected chi connectivity index (χ4v) is 2.93. The molecule has 0 saturated carbocycles. The van der Waals surface area contributed by atoms with Crippen LogP contribution in [-0.2, 0) is 4.74 Å². The van der Waals surface area contributed by atoms with E-state index in [1.807, 2.05) is 29.1 Å². The molecule has 1 saturated heterocycles. The van der Waals surface area contributed by atoms with E-state index in [1.165, 1.54) is 0 Å². The second-order valence-electron chi connectivity index (χ2n) is 5.70. The fourth-order valence-electron chi connectivity index (χ4n) is 2.93. The maximum absolute atomic E-state index is 9.29. The topological polar surface area (TPSA) is 117 Å². The molecule has 1 unspecified atom stereocenters. The Kier molecular flexibility index (Phi) is 4.10. The molecule has 9 nitrogen and oxygen atoms in total. The highest BCUT2D eigenvalue weighted by atomic mass is 16.5. The van der Waals surface area contributed by atoms with Gasteiger partial charge in [-0.1, -0.05) is 12.1 Å². The minimum atomic E-state index is -0.0641. The van der Waals surface area contributed by atoms with E-state index in [4.69, 9.17) is 4.74 Å². The molecule has 3 aromatic rings. The van der Waals surface area contributed by atoms with Gasteiger partial charge in [-0.2, -0.15) is 15.6 Å². The van der Waals surface area contributed by atoms with Crippen molar-refractivity contribution in [3.63, 3.8) is 0 Å². The Morgan fingerprint density at radius 2 is 2.40 bits per heavy atom. The van der Waals surface area contributed by atoms with Crippen molar-refractivity contribution in [1.29, 1.82) is 5.26 Å². The Balaban J connectivity index is 1.70. The van der Waals surface area contributed by atoms with Crippen molar-refractivity contribution in [1.82, 2.24) is 30.4 Å². The molecule has 1 aliphatic heterocycles. The summed E-state index contributed by atoms with van der Waals surface area (Å²) < 4.78 is 7.77. The molecule has 2 N–H and O–H groups in total. The maximum atomic E-state index is 9.29. The first kappa shape index (κ1) is 15.3. The van der Waals surface area contributed by atoms with Crippen LogP contribution in [0.1, 0.15) is 31.3 Å². The van der Waals surface area contributed by atoms with E-state index in [0.717, 1.165) is 42.5 Å². The second kappa shape index (κ2) is 6.70. The largest absolute Gasteiger partial charge is 0.359 e. The SMILES string of the molecule is N#CC(=CNc1cccc2cnn(C3CCCCO3)c12)c1nn[nH]n1. The van der Waals surface area contributed by atoms with Gasteiger partial charge >= 0.3 is 0 Å². The first-order chi connectivity index (χ1) is 12.4. The molecular weight excluding hydrogens is 320 g/mol. The molecule has 1 atom stereocenters. The Hall–Kier alpha value is -3.25. The molecule has 3 heterocycles. The number of nitrogens with one attached hydrogen (secondary N) is 2. The van der Waals surface area contributed by atoms with E-state index in [1.54, 1.807) is 6.20 Å². The summed E-state index contributed by atoms with van der Waals surface area (Å²) in [5, 5.41) is 31.4. The van der Waals surface area contributed by atoms with Gasteiger partial charge < -0.3 is 10.1 Å². The van der Waals surface area contributed by atoms with Gasteiger partial charge in [-0.05, 0) is 30.5 Å². The van der Waals surface area contributed by atoms with Gasteiger partial charge in [0.15, 0.2) is 6.23 Å². The number of ether oxygens (including phenoxy) is 1. The number of hydrogen-bond acceptors (Lipinski definition) is 7. The number of H-pyrrole nitrogens is 1. The number of anilines is 1. The lowest BCUT2D eigenvalue weighted by Crippen LogP contribution is -2.19. The third kappa shape index (κ3) is 2.95. The Labute approximate surface area is 143 Å². The lowest BCUT2D eigenvalue weighted by molar-refractivity contribution is -0.0366. The highest BCUT2D eigenvalue weighted by Gasteiger charge is 2.20. The van der Waals surface area contributed by atoms with Crippen LogP contribution in [-0.4, -0.2) is 37.0 Å². The van der Waals surface area contributed by atoms with Crippen LogP contribution in [0.4, 0.5) is 5.69 Å². The van der Waals surface area contributed by atoms with Crippen LogP contribution >= 0.6 is 0 Å². The zero-order chi connectivity index (χ0) is 17.1. The van der Waals surface area contributed by atoms with Gasteiger partial charge in [0.25, 0.3) is 0 Å². The Morgan fingerprint density at radius 3 is 3.16 bits per heavy atom. The maximum Gasteiger partial charge on any atom is 0.216 e. The van der Waals surface area contributed by atoms with Crippen molar-refractivity contribution < 1.29 is 4.74 Å². The monoisotopic (exact) mass is 336 g/mol. The van der Waals surface area contributed by atoms with Crippen molar-refractivity contribution in [3.05, 3.63) is 36.4 Å². The predicted octanol–water partition coefficient (Wildman–Crippen LogP) is 2.23. The molecule has 1 aliphatic rings. The highest BCUT2D eigenvalue weighted by Crippen LogP contribution is 2.30. The standard InChI is InChI=1S/C16H16N8O/c17-8-12(16-20-22-23-21-16)9-18-13-5-3-4-11-10-19-24(15(11)13)14-6-1-2-7-25-14/h3-5,9-10,14,18H,1-2,6-7H2,(H,20,21,22,23). The van der Waals surface area contributed by atoms with E-state index in [2.05, 4.69) is 37.1 Å². The summed E-state index contributed by atoms with van der Waals surface area (Å²) >= 11 is 0. The molecule has 25 heavy (non-hydrogen) atoms. The van der Waals surface area contributed by atoms with Crippen molar-refractivity contribution in [2.24, 2.45) is 0 Å². The molecule has 4 rings (SSSR count). The molecule has 1 aromatic carbocycles. The van der Waals surface area contributed by atoms with Gasteiger partial charge in [0, 0.05) is 18.2 Å². The average Bonchev–Trinajstić information content (AvgIpc) is 3.33. The first-order valence-electron chi connectivity index (χ1n) is 8.05. The summed E-state index contributed by atoms with van der Waals surface area (Å²) in [6, 6.07) is 7.93. The van der Waals surface area contributed by atoms with Crippen LogP contribution in [0.2, 0.25) is 0 Å². The summed E-state index contributed by atoms with van der Waals surface area (Å²) in [5.74, 6) is 0.242. The van der Waals surface area contributed by atoms with E-state index >= 15 is 0 Å². The van der Waals surface area contributed by atoms with E-state index in [0.29, 0.717) is 0 Å². The molecule has 0 aliphatic carbocycles. The van der Waals surface area contributed by atoms with Crippen molar-refractivity contribution in [3.8, 4) is 6.07 Å². The minimum absolute atomic E-state index is 0.0641. The average molecular weight is 336 g/mol. The number of allylic oxidation sites excluding steroid dienone is 1. The highest BCUT2D eigenvalue weighted by molar-refractivity contribution is 5.91. The molecular formula is C16H16N8O. The molecule has 0 radical (unpaired) electrons. The van der Waals surface area contributed by atoms with Crippen LogP contribution in [0.15, 0.2) is 30.6 Å². The van der Waals surface area contributed by atoms with Gasteiger partial charge in [-0.15, -0.1) is 10.2 Å². The number of aromatic amines is 1. The predicted molar refractivity (Wildman–Crippen MR) is 90.0 cm³/mol. The van der Waals surface area contributed by atoms with Crippen LogP contribution in [0.25, 0.3) is 16.5 Å². The van der Waals surface area contributed by atoms with Crippen LogP contribution in [0.5, 0.6) is 0 Å². The molecule has 1 fully saturated rings. The third-order valence-corrected chi connectivity index (χ3v) is 4.12. The number of tetrazole rings is 1. The summed E-state index contributed by atoms with van der Waals surface area (Å²) in [6.45, 7) is 0.748. The van der Waals surface area contributed by atoms with Gasteiger partial charge in [0.1, 0.15) is 11.6 Å². The number of hydrogen-bond donors (Lipinski definition) is 2. The van der Waals surface area contributed by atoms with Gasteiger partial charge in [0.2, 0.25) is 5.82 Å². The molecule has 2 aromatic heterocycles. The van der Waals surface area contributed by atoms with E-state index in [9.17, 15) is 5.26 Å². The van der Waals surface area contributed by atoms with Crippen molar-refractivity contribution in [2.75, 3.05) is 11.9 Å². The number of rotatable bonds is 4. The smallest absolute Gasteiger partial charge is 0.216 e. The van der Waals surface area contributed by atoms with Gasteiger partial charge in [-0.3, -0.25) is 0 Å². The molecule has 126 valence electrons. The first-order valence-corrected chi connectivity index (χ1v) is 8.05. The molecule has 0 amide bonds. The summed E-state index contributed by atoms with van der Waals surface area (Å²) in [4.78, 5) is 0. The minimum Gasteiger partial charge on any atom is -0.359 e.